The molecule has 1 fully saturated rings. The quantitative estimate of drug-likeness (QED) is 0.916. The molecule has 6 heteroatoms. The van der Waals surface area contributed by atoms with E-state index in [-0.39, 0.29) is 6.10 Å². The van der Waals surface area contributed by atoms with Crippen LogP contribution in [-0.4, -0.2) is 47.5 Å². The van der Waals surface area contributed by atoms with Crippen molar-refractivity contribution in [1.82, 2.24) is 15.3 Å². The smallest absolute Gasteiger partial charge is 0.132 e. The molecule has 3 heterocycles. The Balaban J connectivity index is 1.63. The molecule has 0 spiro atoms. The summed E-state index contributed by atoms with van der Waals surface area (Å²) in [5.74, 6) is 1.84. The molecular weight excluding hydrogens is 326 g/mol. The third-order valence-corrected chi connectivity index (χ3v) is 4.70. The molecule has 26 heavy (non-hydrogen) atoms. The summed E-state index contributed by atoms with van der Waals surface area (Å²) in [4.78, 5) is 16.0. The number of nitrogens with zero attached hydrogens (tertiary/aromatic N) is 4. The van der Waals surface area contributed by atoms with Gasteiger partial charge in [-0.3, -0.25) is 4.99 Å². The number of piperazine rings is 1. The molecular formula is C20H25N5O. The van der Waals surface area contributed by atoms with Gasteiger partial charge in [0.05, 0.1) is 24.1 Å². The summed E-state index contributed by atoms with van der Waals surface area (Å²) in [5, 5.41) is 3.46. The number of benzene rings is 1. The van der Waals surface area contributed by atoms with Gasteiger partial charge in [-0.2, -0.15) is 0 Å². The molecule has 2 aliphatic rings. The van der Waals surface area contributed by atoms with Crippen molar-refractivity contribution in [2.75, 3.05) is 24.5 Å². The minimum absolute atomic E-state index is 0.148. The minimum atomic E-state index is 0.148. The zero-order valence-corrected chi connectivity index (χ0v) is 15.6. The number of aromatic nitrogens is 2. The highest BCUT2D eigenvalue weighted by atomic mass is 16.5. The molecule has 2 aromatic rings. The molecule has 1 aromatic heterocycles. The third kappa shape index (κ3) is 3.42. The van der Waals surface area contributed by atoms with E-state index in [9.17, 15) is 0 Å². The average Bonchev–Trinajstić information content (AvgIpc) is 3.04. The van der Waals surface area contributed by atoms with Crippen LogP contribution in [0, 0.1) is 0 Å². The molecule has 0 amide bonds. The summed E-state index contributed by atoms with van der Waals surface area (Å²) in [7, 11) is 0. The first-order valence-corrected chi connectivity index (χ1v) is 9.25. The summed E-state index contributed by atoms with van der Waals surface area (Å²) >= 11 is 0. The standard InChI is InChI=1S/C20H25N5O/c1-13(2)26-16-5-4-15-10-22-20(17(15)8-16)18-9-19(24-12-23-18)25-7-6-21-14(3)11-25/h4-5,8-9,12-14,21H,6-7,10-11H2,1-3H3/t14-/m0/s1. The van der Waals surface area contributed by atoms with Crippen LogP contribution in [0.4, 0.5) is 5.82 Å². The van der Waals surface area contributed by atoms with E-state index in [1.54, 1.807) is 6.33 Å². The van der Waals surface area contributed by atoms with Crippen LogP contribution in [0.3, 0.4) is 0 Å². The maximum atomic E-state index is 5.85. The number of ether oxygens (including phenoxy) is 1. The second kappa shape index (κ2) is 7.03. The minimum Gasteiger partial charge on any atom is -0.491 e. The van der Waals surface area contributed by atoms with Crippen LogP contribution >= 0.6 is 0 Å². The Hall–Kier alpha value is -2.47. The number of hydrogen-bond acceptors (Lipinski definition) is 6. The van der Waals surface area contributed by atoms with Crippen molar-refractivity contribution >= 4 is 11.5 Å². The van der Waals surface area contributed by atoms with E-state index in [0.717, 1.165) is 48.2 Å². The highest BCUT2D eigenvalue weighted by Crippen LogP contribution is 2.28. The second-order valence-electron chi connectivity index (χ2n) is 7.21. The Morgan fingerprint density at radius 3 is 2.92 bits per heavy atom. The Kier molecular flexibility index (Phi) is 4.59. The normalized spacial score (nSPS) is 19.5. The van der Waals surface area contributed by atoms with Crippen molar-refractivity contribution in [3.8, 4) is 5.75 Å². The molecule has 136 valence electrons. The predicted octanol–water partition coefficient (Wildman–Crippen LogP) is 2.41. The van der Waals surface area contributed by atoms with Crippen LogP contribution in [0.15, 0.2) is 35.6 Å². The molecule has 1 saturated heterocycles. The van der Waals surface area contributed by atoms with Crippen molar-refractivity contribution in [3.63, 3.8) is 0 Å². The van der Waals surface area contributed by atoms with Gasteiger partial charge in [0.1, 0.15) is 17.9 Å². The molecule has 1 atom stereocenters. The molecule has 0 saturated carbocycles. The van der Waals surface area contributed by atoms with Crippen LogP contribution in [-0.2, 0) is 6.54 Å². The monoisotopic (exact) mass is 351 g/mol. The fourth-order valence-corrected chi connectivity index (χ4v) is 3.52. The molecule has 1 aromatic carbocycles. The molecule has 0 aliphatic carbocycles. The number of nitrogens with one attached hydrogen (secondary N) is 1. The fraction of sp³-hybridized carbons (Fsp3) is 0.450. The Labute approximate surface area is 154 Å². The SMILES string of the molecule is CC(C)Oc1ccc2c(c1)C(c1cc(N3CCN[C@@H](C)C3)ncn1)=NC2. The molecule has 0 radical (unpaired) electrons. The van der Waals surface area contributed by atoms with E-state index in [1.165, 1.54) is 5.56 Å². The van der Waals surface area contributed by atoms with Crippen molar-refractivity contribution in [3.05, 3.63) is 47.4 Å². The summed E-state index contributed by atoms with van der Waals surface area (Å²) in [6.45, 7) is 9.83. The molecule has 1 N–H and O–H groups in total. The lowest BCUT2D eigenvalue weighted by atomic mass is 10.0. The fourth-order valence-electron chi connectivity index (χ4n) is 3.52. The Bertz CT molecular complexity index is 833. The largest absolute Gasteiger partial charge is 0.491 e. The number of aliphatic imine (C=N–C) groups is 1. The zero-order chi connectivity index (χ0) is 18.1. The average molecular weight is 351 g/mol. The highest BCUT2D eigenvalue weighted by molar-refractivity contribution is 6.14. The van der Waals surface area contributed by atoms with Gasteiger partial charge >= 0.3 is 0 Å². The lowest BCUT2D eigenvalue weighted by molar-refractivity contribution is 0.242. The first-order chi connectivity index (χ1) is 12.6. The zero-order valence-electron chi connectivity index (χ0n) is 15.6. The van der Waals surface area contributed by atoms with E-state index in [4.69, 9.17) is 9.73 Å². The van der Waals surface area contributed by atoms with Crippen LogP contribution in [0.1, 0.15) is 37.6 Å². The topological polar surface area (TPSA) is 62.6 Å². The van der Waals surface area contributed by atoms with E-state index >= 15 is 0 Å². The lowest BCUT2D eigenvalue weighted by Gasteiger charge is -2.32. The molecule has 6 nitrogen and oxygen atoms in total. The first kappa shape index (κ1) is 17.0. The van der Waals surface area contributed by atoms with Crippen LogP contribution < -0.4 is 15.0 Å². The molecule has 4 rings (SSSR count). The van der Waals surface area contributed by atoms with Crippen LogP contribution in [0.2, 0.25) is 0 Å². The van der Waals surface area contributed by atoms with Gasteiger partial charge < -0.3 is 15.0 Å². The maximum Gasteiger partial charge on any atom is 0.132 e. The van der Waals surface area contributed by atoms with Crippen LogP contribution in [0.5, 0.6) is 5.75 Å². The van der Waals surface area contributed by atoms with Gasteiger partial charge in [0, 0.05) is 37.3 Å². The van der Waals surface area contributed by atoms with E-state index in [1.807, 2.05) is 19.9 Å². The van der Waals surface area contributed by atoms with Gasteiger partial charge in [-0.25, -0.2) is 9.97 Å². The van der Waals surface area contributed by atoms with E-state index in [0.29, 0.717) is 12.6 Å². The van der Waals surface area contributed by atoms with Gasteiger partial charge in [-0.05, 0) is 38.5 Å². The first-order valence-electron chi connectivity index (χ1n) is 9.25. The van der Waals surface area contributed by atoms with Gasteiger partial charge in [-0.15, -0.1) is 0 Å². The summed E-state index contributed by atoms with van der Waals surface area (Å²) in [5.41, 5.74) is 4.14. The van der Waals surface area contributed by atoms with Crippen molar-refractivity contribution < 1.29 is 4.74 Å². The molecule has 0 bridgehead atoms. The Morgan fingerprint density at radius 2 is 2.12 bits per heavy atom. The number of hydrogen-bond donors (Lipinski definition) is 1. The third-order valence-electron chi connectivity index (χ3n) is 4.70. The molecule has 0 unspecified atom stereocenters. The maximum absolute atomic E-state index is 5.85. The Morgan fingerprint density at radius 1 is 1.23 bits per heavy atom. The molecule has 2 aliphatic heterocycles. The van der Waals surface area contributed by atoms with Gasteiger partial charge in [0.15, 0.2) is 0 Å². The summed E-state index contributed by atoms with van der Waals surface area (Å²) in [6.07, 6.45) is 1.79. The van der Waals surface area contributed by atoms with Gasteiger partial charge in [0.2, 0.25) is 0 Å². The number of anilines is 1. The summed E-state index contributed by atoms with van der Waals surface area (Å²) < 4.78 is 5.85. The number of rotatable bonds is 4. The van der Waals surface area contributed by atoms with Crippen molar-refractivity contribution in [2.24, 2.45) is 4.99 Å². The predicted molar refractivity (Wildman–Crippen MR) is 103 cm³/mol. The number of fused-ring (bicyclic) bond motifs is 1. The van der Waals surface area contributed by atoms with Crippen molar-refractivity contribution in [1.29, 1.82) is 0 Å². The highest BCUT2D eigenvalue weighted by Gasteiger charge is 2.22. The van der Waals surface area contributed by atoms with E-state index < -0.39 is 0 Å². The van der Waals surface area contributed by atoms with Gasteiger partial charge in [-0.1, -0.05) is 6.07 Å². The van der Waals surface area contributed by atoms with E-state index in [2.05, 4.69) is 45.3 Å². The van der Waals surface area contributed by atoms with Crippen molar-refractivity contribution in [2.45, 2.75) is 39.5 Å². The summed E-state index contributed by atoms with van der Waals surface area (Å²) in [6, 6.07) is 8.72. The lowest BCUT2D eigenvalue weighted by Crippen LogP contribution is -2.49. The van der Waals surface area contributed by atoms with Gasteiger partial charge in [0.25, 0.3) is 0 Å². The second-order valence-corrected chi connectivity index (χ2v) is 7.21. The van der Waals surface area contributed by atoms with Crippen LogP contribution in [0.25, 0.3) is 0 Å².